The second kappa shape index (κ2) is 8.20. The van der Waals surface area contributed by atoms with Gasteiger partial charge in [-0.1, -0.05) is 13.8 Å². The zero-order valence-corrected chi connectivity index (χ0v) is 16.6. The number of carbonyl (C=O) groups excluding carboxylic acids is 2. The standard InChI is InChI=1S/C19H27NO5S/c1-13(2)11-20(17-9-10-26(23,24)12-17)19(22)15(4)25-18-7-5-16(6-8-18)14(3)21/h5-8,13,15,17H,9-12H2,1-4H3. The molecular formula is C19H27NO5S. The molecule has 144 valence electrons. The summed E-state index contributed by atoms with van der Waals surface area (Å²) >= 11 is 0. The minimum absolute atomic E-state index is 0.0193. The molecular weight excluding hydrogens is 354 g/mol. The van der Waals surface area contributed by atoms with Gasteiger partial charge < -0.3 is 9.64 Å². The maximum absolute atomic E-state index is 12.9. The third-order valence-corrected chi connectivity index (χ3v) is 6.17. The Morgan fingerprint density at radius 3 is 2.27 bits per heavy atom. The molecule has 0 N–H and O–H groups in total. The number of sulfone groups is 1. The lowest BCUT2D eigenvalue weighted by Gasteiger charge is -2.32. The van der Waals surface area contributed by atoms with Crippen LogP contribution in [0.25, 0.3) is 0 Å². The van der Waals surface area contributed by atoms with Crippen molar-refractivity contribution >= 4 is 21.5 Å². The van der Waals surface area contributed by atoms with E-state index < -0.39 is 15.9 Å². The monoisotopic (exact) mass is 381 g/mol. The SMILES string of the molecule is CC(=O)c1ccc(OC(C)C(=O)N(CC(C)C)C2CCS(=O)(=O)C2)cc1. The molecule has 1 aliphatic heterocycles. The van der Waals surface area contributed by atoms with Crippen molar-refractivity contribution in [3.05, 3.63) is 29.8 Å². The van der Waals surface area contributed by atoms with E-state index in [1.807, 2.05) is 13.8 Å². The Bertz CT molecular complexity index is 755. The number of carbonyl (C=O) groups is 2. The fourth-order valence-corrected chi connectivity index (χ4v) is 4.82. The molecule has 1 aromatic rings. The molecule has 7 heteroatoms. The fourth-order valence-electron chi connectivity index (χ4n) is 3.09. The Morgan fingerprint density at radius 2 is 1.81 bits per heavy atom. The molecule has 1 saturated heterocycles. The highest BCUT2D eigenvalue weighted by Crippen LogP contribution is 2.21. The van der Waals surface area contributed by atoms with E-state index in [-0.39, 0.29) is 35.2 Å². The number of ketones is 1. The van der Waals surface area contributed by atoms with E-state index >= 15 is 0 Å². The van der Waals surface area contributed by atoms with Crippen molar-refractivity contribution in [1.29, 1.82) is 0 Å². The molecule has 2 rings (SSSR count). The first-order chi connectivity index (χ1) is 12.1. The highest BCUT2D eigenvalue weighted by Gasteiger charge is 2.36. The summed E-state index contributed by atoms with van der Waals surface area (Å²) in [6, 6.07) is 6.34. The molecule has 0 bridgehead atoms. The number of ether oxygens (including phenoxy) is 1. The number of amides is 1. The predicted octanol–water partition coefficient (Wildman–Crippen LogP) is 2.33. The van der Waals surface area contributed by atoms with Crippen molar-refractivity contribution in [1.82, 2.24) is 4.90 Å². The fraction of sp³-hybridized carbons (Fsp3) is 0.579. The largest absolute Gasteiger partial charge is 0.481 e. The molecule has 0 saturated carbocycles. The van der Waals surface area contributed by atoms with Crippen molar-refractivity contribution in [2.75, 3.05) is 18.1 Å². The molecule has 1 amide bonds. The average molecular weight is 381 g/mol. The van der Waals surface area contributed by atoms with Gasteiger partial charge in [0.25, 0.3) is 5.91 Å². The van der Waals surface area contributed by atoms with Crippen molar-refractivity contribution in [2.45, 2.75) is 46.3 Å². The summed E-state index contributed by atoms with van der Waals surface area (Å²) in [6.45, 7) is 7.64. The summed E-state index contributed by atoms with van der Waals surface area (Å²) in [6.07, 6.45) is -0.263. The van der Waals surface area contributed by atoms with Gasteiger partial charge in [0.2, 0.25) is 0 Å². The van der Waals surface area contributed by atoms with Crippen LogP contribution in [-0.4, -0.2) is 55.2 Å². The van der Waals surface area contributed by atoms with E-state index in [1.165, 1.54) is 6.92 Å². The summed E-state index contributed by atoms with van der Waals surface area (Å²) in [7, 11) is -3.07. The second-order valence-corrected chi connectivity index (χ2v) is 9.51. The summed E-state index contributed by atoms with van der Waals surface area (Å²) in [5, 5.41) is 0. The summed E-state index contributed by atoms with van der Waals surface area (Å²) < 4.78 is 29.3. The maximum atomic E-state index is 12.9. The summed E-state index contributed by atoms with van der Waals surface area (Å²) in [4.78, 5) is 25.9. The van der Waals surface area contributed by atoms with Crippen LogP contribution in [0.3, 0.4) is 0 Å². The van der Waals surface area contributed by atoms with Gasteiger partial charge in [-0.15, -0.1) is 0 Å². The van der Waals surface area contributed by atoms with Crippen LogP contribution in [0.4, 0.5) is 0 Å². The molecule has 1 heterocycles. The number of nitrogens with zero attached hydrogens (tertiary/aromatic N) is 1. The van der Waals surface area contributed by atoms with Crippen LogP contribution in [0.5, 0.6) is 5.75 Å². The minimum Gasteiger partial charge on any atom is -0.481 e. The van der Waals surface area contributed by atoms with Gasteiger partial charge >= 0.3 is 0 Å². The average Bonchev–Trinajstić information content (AvgIpc) is 2.92. The second-order valence-electron chi connectivity index (χ2n) is 7.28. The first-order valence-electron chi connectivity index (χ1n) is 8.87. The van der Waals surface area contributed by atoms with Gasteiger partial charge in [0.1, 0.15) is 5.75 Å². The van der Waals surface area contributed by atoms with Crippen LogP contribution in [-0.2, 0) is 14.6 Å². The zero-order chi connectivity index (χ0) is 19.5. The Kier molecular flexibility index (Phi) is 6.44. The van der Waals surface area contributed by atoms with E-state index in [4.69, 9.17) is 4.74 Å². The molecule has 1 aromatic carbocycles. The van der Waals surface area contributed by atoms with Crippen LogP contribution in [0.2, 0.25) is 0 Å². The minimum atomic E-state index is -3.07. The molecule has 2 atom stereocenters. The van der Waals surface area contributed by atoms with E-state index in [0.717, 1.165) is 0 Å². The number of hydrogen-bond acceptors (Lipinski definition) is 5. The van der Waals surface area contributed by atoms with Gasteiger partial charge in [-0.2, -0.15) is 0 Å². The molecule has 26 heavy (non-hydrogen) atoms. The van der Waals surface area contributed by atoms with Crippen molar-refractivity contribution < 1.29 is 22.7 Å². The van der Waals surface area contributed by atoms with Crippen molar-refractivity contribution in [3.8, 4) is 5.75 Å². The zero-order valence-electron chi connectivity index (χ0n) is 15.8. The number of rotatable bonds is 7. The molecule has 1 fully saturated rings. The molecule has 0 aliphatic carbocycles. The topological polar surface area (TPSA) is 80.8 Å². The van der Waals surface area contributed by atoms with Gasteiger partial charge in [-0.05, 0) is 50.5 Å². The Hall–Kier alpha value is -1.89. The van der Waals surface area contributed by atoms with Crippen LogP contribution in [0.15, 0.2) is 24.3 Å². The molecule has 0 aromatic heterocycles. The number of hydrogen-bond donors (Lipinski definition) is 0. The molecule has 1 aliphatic rings. The quantitative estimate of drug-likeness (QED) is 0.677. The summed E-state index contributed by atoms with van der Waals surface area (Å²) in [5.74, 6) is 0.624. The maximum Gasteiger partial charge on any atom is 0.263 e. The molecule has 2 unspecified atom stereocenters. The third kappa shape index (κ3) is 5.30. The predicted molar refractivity (Wildman–Crippen MR) is 100 cm³/mol. The van der Waals surface area contributed by atoms with Crippen molar-refractivity contribution in [3.63, 3.8) is 0 Å². The first-order valence-corrected chi connectivity index (χ1v) is 10.7. The smallest absolute Gasteiger partial charge is 0.263 e. The van der Waals surface area contributed by atoms with Gasteiger partial charge in [0.15, 0.2) is 21.7 Å². The van der Waals surface area contributed by atoms with E-state index in [1.54, 1.807) is 36.1 Å². The lowest BCUT2D eigenvalue weighted by molar-refractivity contribution is -0.140. The van der Waals surface area contributed by atoms with E-state index in [0.29, 0.717) is 24.3 Å². The van der Waals surface area contributed by atoms with Gasteiger partial charge in [-0.25, -0.2) is 8.42 Å². The van der Waals surface area contributed by atoms with Crippen LogP contribution >= 0.6 is 0 Å². The van der Waals surface area contributed by atoms with Crippen LogP contribution in [0, 0.1) is 5.92 Å². The van der Waals surface area contributed by atoms with Gasteiger partial charge in [0, 0.05) is 18.2 Å². The molecule has 0 spiro atoms. The third-order valence-electron chi connectivity index (χ3n) is 4.42. The normalized spacial score (nSPS) is 20.0. The highest BCUT2D eigenvalue weighted by atomic mass is 32.2. The Balaban J connectivity index is 2.10. The van der Waals surface area contributed by atoms with Crippen LogP contribution in [0.1, 0.15) is 44.5 Å². The number of benzene rings is 1. The number of Topliss-reactive ketones (excluding diaryl/α,β-unsaturated/α-hetero) is 1. The van der Waals surface area contributed by atoms with E-state index in [2.05, 4.69) is 0 Å². The molecule has 0 radical (unpaired) electrons. The first kappa shape index (κ1) is 20.4. The van der Waals surface area contributed by atoms with E-state index in [9.17, 15) is 18.0 Å². The summed E-state index contributed by atoms with van der Waals surface area (Å²) in [5.41, 5.74) is 0.578. The van der Waals surface area contributed by atoms with Crippen LogP contribution < -0.4 is 4.74 Å². The van der Waals surface area contributed by atoms with Gasteiger partial charge in [0.05, 0.1) is 11.5 Å². The Labute approximate surface area is 155 Å². The van der Waals surface area contributed by atoms with Gasteiger partial charge in [-0.3, -0.25) is 9.59 Å². The van der Waals surface area contributed by atoms with Crippen molar-refractivity contribution in [2.24, 2.45) is 5.92 Å². The Morgan fingerprint density at radius 1 is 1.19 bits per heavy atom. The lowest BCUT2D eigenvalue weighted by Crippen LogP contribution is -2.48. The molecule has 6 nitrogen and oxygen atoms in total. The highest BCUT2D eigenvalue weighted by molar-refractivity contribution is 7.91. The lowest BCUT2D eigenvalue weighted by atomic mass is 10.1.